The highest BCUT2D eigenvalue weighted by molar-refractivity contribution is 5.53. The second-order valence-corrected chi connectivity index (χ2v) is 4.74. The highest BCUT2D eigenvalue weighted by Gasteiger charge is 2.01. The van der Waals surface area contributed by atoms with E-state index < -0.39 is 0 Å². The van der Waals surface area contributed by atoms with E-state index in [-0.39, 0.29) is 6.61 Å². The lowest BCUT2D eigenvalue weighted by Crippen LogP contribution is -2.01. The average molecular weight is 271 g/mol. The number of benzene rings is 2. The van der Waals surface area contributed by atoms with Crippen molar-refractivity contribution >= 4 is 5.69 Å². The summed E-state index contributed by atoms with van der Waals surface area (Å²) in [6.45, 7) is 5.59. The summed E-state index contributed by atoms with van der Waals surface area (Å²) in [5.41, 5.74) is 4.41. The van der Waals surface area contributed by atoms with Crippen LogP contribution in [0.15, 0.2) is 42.5 Å². The minimum absolute atomic E-state index is 0.0890. The molecule has 2 N–H and O–H groups in total. The number of rotatable bonds is 6. The van der Waals surface area contributed by atoms with Gasteiger partial charge in [-0.05, 0) is 48.7 Å². The predicted octanol–water partition coefficient (Wildman–Crippen LogP) is 3.50. The molecule has 106 valence electrons. The lowest BCUT2D eigenvalue weighted by molar-refractivity contribution is 0.282. The molecule has 0 atom stereocenters. The lowest BCUT2D eigenvalue weighted by Gasteiger charge is -2.12. The van der Waals surface area contributed by atoms with Crippen LogP contribution in [0, 0.1) is 6.92 Å². The van der Waals surface area contributed by atoms with E-state index in [1.165, 1.54) is 11.1 Å². The van der Waals surface area contributed by atoms with E-state index in [9.17, 15) is 0 Å². The first-order valence-corrected chi connectivity index (χ1v) is 6.89. The Bertz CT molecular complexity index is 549. The van der Waals surface area contributed by atoms with Gasteiger partial charge in [0.15, 0.2) is 0 Å². The maximum Gasteiger partial charge on any atom is 0.119 e. The Kier molecular flexibility index (Phi) is 5.02. The minimum Gasteiger partial charge on any atom is -0.494 e. The maximum absolute atomic E-state index is 9.02. The highest BCUT2D eigenvalue weighted by atomic mass is 16.5. The Morgan fingerprint density at radius 3 is 2.35 bits per heavy atom. The number of hydrogen-bond acceptors (Lipinski definition) is 3. The van der Waals surface area contributed by atoms with Gasteiger partial charge in [-0.25, -0.2) is 0 Å². The molecule has 0 heterocycles. The highest BCUT2D eigenvalue weighted by Crippen LogP contribution is 2.22. The van der Waals surface area contributed by atoms with Gasteiger partial charge in [-0.3, -0.25) is 0 Å². The maximum atomic E-state index is 9.02. The van der Waals surface area contributed by atoms with Crippen molar-refractivity contribution in [1.29, 1.82) is 0 Å². The molecule has 0 saturated carbocycles. The third-order valence-corrected chi connectivity index (χ3v) is 3.20. The molecule has 0 saturated heterocycles. The molecule has 0 fully saturated rings. The van der Waals surface area contributed by atoms with E-state index in [0.29, 0.717) is 6.61 Å². The van der Waals surface area contributed by atoms with Gasteiger partial charge in [0.1, 0.15) is 5.75 Å². The van der Waals surface area contributed by atoms with Crippen molar-refractivity contribution in [3.05, 3.63) is 59.2 Å². The Hall–Kier alpha value is -2.00. The minimum atomic E-state index is 0.0890. The van der Waals surface area contributed by atoms with Crippen LogP contribution < -0.4 is 10.1 Å². The first kappa shape index (κ1) is 14.4. The Labute approximate surface area is 120 Å². The van der Waals surface area contributed by atoms with Gasteiger partial charge in [-0.2, -0.15) is 0 Å². The van der Waals surface area contributed by atoms with Crippen LogP contribution >= 0.6 is 0 Å². The van der Waals surface area contributed by atoms with E-state index >= 15 is 0 Å². The number of aliphatic hydroxyl groups is 1. The Morgan fingerprint density at radius 1 is 1.05 bits per heavy atom. The van der Waals surface area contributed by atoms with Gasteiger partial charge in [0.05, 0.1) is 13.2 Å². The lowest BCUT2D eigenvalue weighted by atomic mass is 10.1. The molecule has 0 aliphatic carbocycles. The first-order valence-electron chi connectivity index (χ1n) is 6.89. The van der Waals surface area contributed by atoms with Gasteiger partial charge < -0.3 is 15.2 Å². The molecule has 0 spiro atoms. The Balaban J connectivity index is 1.99. The molecule has 0 unspecified atom stereocenters. The van der Waals surface area contributed by atoms with Gasteiger partial charge in [-0.1, -0.05) is 24.3 Å². The van der Waals surface area contributed by atoms with Crippen LogP contribution in [-0.4, -0.2) is 11.7 Å². The van der Waals surface area contributed by atoms with E-state index in [4.69, 9.17) is 9.84 Å². The fourth-order valence-corrected chi connectivity index (χ4v) is 2.05. The van der Waals surface area contributed by atoms with Crippen LogP contribution in [-0.2, 0) is 13.2 Å². The van der Waals surface area contributed by atoms with Gasteiger partial charge in [0, 0.05) is 12.2 Å². The van der Waals surface area contributed by atoms with Gasteiger partial charge in [-0.15, -0.1) is 0 Å². The molecule has 2 aromatic carbocycles. The van der Waals surface area contributed by atoms with Crippen LogP contribution in [0.1, 0.15) is 23.6 Å². The first-order chi connectivity index (χ1) is 9.72. The molecule has 0 aromatic heterocycles. The van der Waals surface area contributed by atoms with E-state index in [1.54, 1.807) is 0 Å². The zero-order valence-electron chi connectivity index (χ0n) is 12.0. The SMILES string of the molecule is CCOc1ccc(NCc2ccc(CO)cc2)c(C)c1. The topological polar surface area (TPSA) is 41.5 Å². The molecular formula is C17H21NO2. The molecule has 3 heteroatoms. The van der Waals surface area contributed by atoms with Crippen LogP contribution in [0.4, 0.5) is 5.69 Å². The van der Waals surface area contributed by atoms with Gasteiger partial charge in [0.2, 0.25) is 0 Å². The van der Waals surface area contributed by atoms with Crippen molar-refractivity contribution in [3.63, 3.8) is 0 Å². The second kappa shape index (κ2) is 6.96. The van der Waals surface area contributed by atoms with Crippen molar-refractivity contribution in [3.8, 4) is 5.75 Å². The molecule has 0 bridgehead atoms. The largest absolute Gasteiger partial charge is 0.494 e. The Morgan fingerprint density at radius 2 is 1.75 bits per heavy atom. The van der Waals surface area contributed by atoms with Crippen molar-refractivity contribution < 1.29 is 9.84 Å². The summed E-state index contributed by atoms with van der Waals surface area (Å²) >= 11 is 0. The number of anilines is 1. The van der Waals surface area contributed by atoms with Crippen molar-refractivity contribution in [1.82, 2.24) is 0 Å². The van der Waals surface area contributed by atoms with Crippen LogP contribution in [0.3, 0.4) is 0 Å². The summed E-state index contributed by atoms with van der Waals surface area (Å²) in [4.78, 5) is 0. The third-order valence-electron chi connectivity index (χ3n) is 3.20. The van der Waals surface area contributed by atoms with Crippen LogP contribution in [0.2, 0.25) is 0 Å². The summed E-state index contributed by atoms with van der Waals surface area (Å²) in [5, 5.41) is 12.4. The molecule has 2 aromatic rings. The zero-order valence-corrected chi connectivity index (χ0v) is 12.0. The average Bonchev–Trinajstić information content (AvgIpc) is 2.47. The fraction of sp³-hybridized carbons (Fsp3) is 0.294. The molecule has 20 heavy (non-hydrogen) atoms. The summed E-state index contributed by atoms with van der Waals surface area (Å²) in [6.07, 6.45) is 0. The molecule has 0 radical (unpaired) electrons. The molecule has 0 aliphatic rings. The number of hydrogen-bond donors (Lipinski definition) is 2. The molecule has 0 aliphatic heterocycles. The summed E-state index contributed by atoms with van der Waals surface area (Å²) < 4.78 is 5.48. The van der Waals surface area contributed by atoms with Crippen LogP contribution in [0.5, 0.6) is 5.75 Å². The number of aryl methyl sites for hydroxylation is 1. The number of aliphatic hydroxyl groups excluding tert-OH is 1. The third kappa shape index (κ3) is 3.75. The standard InChI is InChI=1S/C17H21NO2/c1-3-20-16-8-9-17(13(2)10-16)18-11-14-4-6-15(12-19)7-5-14/h4-10,18-19H,3,11-12H2,1-2H3. The predicted molar refractivity (Wildman–Crippen MR) is 82.0 cm³/mol. The van der Waals surface area contributed by atoms with Crippen molar-refractivity contribution in [2.24, 2.45) is 0 Å². The number of ether oxygens (including phenoxy) is 1. The number of nitrogens with one attached hydrogen (secondary N) is 1. The second-order valence-electron chi connectivity index (χ2n) is 4.74. The molecule has 3 nitrogen and oxygen atoms in total. The van der Waals surface area contributed by atoms with Crippen molar-refractivity contribution in [2.45, 2.75) is 27.0 Å². The normalized spacial score (nSPS) is 10.3. The smallest absolute Gasteiger partial charge is 0.119 e. The quantitative estimate of drug-likeness (QED) is 0.845. The summed E-state index contributed by atoms with van der Waals surface area (Å²) in [6, 6.07) is 14.0. The summed E-state index contributed by atoms with van der Waals surface area (Å²) in [5.74, 6) is 0.905. The monoisotopic (exact) mass is 271 g/mol. The van der Waals surface area contributed by atoms with Gasteiger partial charge >= 0.3 is 0 Å². The van der Waals surface area contributed by atoms with E-state index in [0.717, 1.165) is 23.5 Å². The van der Waals surface area contributed by atoms with E-state index in [1.807, 2.05) is 49.4 Å². The van der Waals surface area contributed by atoms with E-state index in [2.05, 4.69) is 12.2 Å². The fourth-order valence-electron chi connectivity index (χ4n) is 2.05. The zero-order chi connectivity index (χ0) is 14.4. The van der Waals surface area contributed by atoms with Gasteiger partial charge in [0.25, 0.3) is 0 Å². The van der Waals surface area contributed by atoms with Crippen molar-refractivity contribution in [2.75, 3.05) is 11.9 Å². The summed E-state index contributed by atoms with van der Waals surface area (Å²) in [7, 11) is 0. The molecule has 0 amide bonds. The van der Waals surface area contributed by atoms with Crippen LogP contribution in [0.25, 0.3) is 0 Å². The molecule has 2 rings (SSSR count). The molecular weight excluding hydrogens is 250 g/mol.